The smallest absolute Gasteiger partial charge is 0.408 e. The van der Waals surface area contributed by atoms with Crippen LogP contribution in [0.2, 0.25) is 0 Å². The van der Waals surface area contributed by atoms with E-state index in [-0.39, 0.29) is 5.54 Å². The highest BCUT2D eigenvalue weighted by Crippen LogP contribution is 2.19. The van der Waals surface area contributed by atoms with E-state index in [1.54, 1.807) is 0 Å². The molecule has 0 bridgehead atoms. The molecule has 2 aromatic rings. The fraction of sp³-hybridized carbons (Fsp3) is 0.364. The summed E-state index contributed by atoms with van der Waals surface area (Å²) in [6, 6.07) is 5.56. The molecule has 80 valence electrons. The Kier molecular flexibility index (Phi) is 2.07. The maximum absolute atomic E-state index is 10.9. The minimum absolute atomic E-state index is 0.00964. The zero-order valence-corrected chi connectivity index (χ0v) is 9.05. The predicted molar refractivity (Wildman–Crippen MR) is 60.2 cm³/mol. The third-order valence-electron chi connectivity index (χ3n) is 1.94. The Labute approximate surface area is 87.3 Å². The first-order valence-corrected chi connectivity index (χ1v) is 4.85. The van der Waals surface area contributed by atoms with Crippen LogP contribution < -0.4 is 11.1 Å². The summed E-state index contributed by atoms with van der Waals surface area (Å²) in [5.41, 5.74) is 2.23. The van der Waals surface area contributed by atoms with Gasteiger partial charge in [0.05, 0.1) is 5.52 Å². The van der Waals surface area contributed by atoms with Crippen LogP contribution in [-0.2, 0) is 0 Å². The van der Waals surface area contributed by atoms with E-state index in [1.807, 2.05) is 18.2 Å². The van der Waals surface area contributed by atoms with Gasteiger partial charge in [0.1, 0.15) is 0 Å². The molecule has 2 rings (SSSR count). The van der Waals surface area contributed by atoms with Crippen molar-refractivity contribution in [3.63, 3.8) is 0 Å². The van der Waals surface area contributed by atoms with Gasteiger partial charge in [0.15, 0.2) is 5.58 Å². The van der Waals surface area contributed by atoms with Crippen molar-refractivity contribution in [1.82, 2.24) is 4.98 Å². The normalized spacial score (nSPS) is 11.9. The molecule has 1 heterocycles. The summed E-state index contributed by atoms with van der Waals surface area (Å²) in [6.07, 6.45) is 0. The molecular formula is C11H14N2O2. The summed E-state index contributed by atoms with van der Waals surface area (Å²) in [4.78, 5) is 13.5. The van der Waals surface area contributed by atoms with Gasteiger partial charge < -0.3 is 9.73 Å². The van der Waals surface area contributed by atoms with Crippen molar-refractivity contribution in [2.75, 3.05) is 5.32 Å². The maximum Gasteiger partial charge on any atom is 0.417 e. The fourth-order valence-electron chi connectivity index (χ4n) is 1.46. The van der Waals surface area contributed by atoms with Crippen LogP contribution in [0.3, 0.4) is 0 Å². The van der Waals surface area contributed by atoms with Crippen LogP contribution in [0.1, 0.15) is 20.8 Å². The first-order chi connectivity index (χ1) is 6.94. The minimum Gasteiger partial charge on any atom is -0.408 e. The number of rotatable bonds is 1. The molecule has 4 heteroatoms. The molecule has 0 spiro atoms. The largest absolute Gasteiger partial charge is 0.417 e. The molecule has 0 radical (unpaired) electrons. The maximum atomic E-state index is 10.9. The Hall–Kier alpha value is -1.71. The number of nitrogens with one attached hydrogen (secondary N) is 2. The number of aromatic amines is 1. The highest BCUT2D eigenvalue weighted by Gasteiger charge is 2.10. The Morgan fingerprint density at radius 3 is 2.73 bits per heavy atom. The number of H-pyrrole nitrogens is 1. The number of benzene rings is 1. The number of fused-ring (bicyclic) bond motifs is 1. The fourth-order valence-corrected chi connectivity index (χ4v) is 1.46. The first-order valence-electron chi connectivity index (χ1n) is 4.85. The highest BCUT2D eigenvalue weighted by molar-refractivity contribution is 5.76. The molecule has 0 aliphatic heterocycles. The molecule has 0 atom stereocenters. The minimum atomic E-state index is -0.419. The van der Waals surface area contributed by atoms with Crippen LogP contribution in [0, 0.1) is 0 Å². The van der Waals surface area contributed by atoms with Crippen LogP contribution >= 0.6 is 0 Å². The molecule has 4 nitrogen and oxygen atoms in total. The SMILES string of the molecule is CC(C)(C)Nc1ccc2[nH]c(=O)oc2c1. The standard InChI is InChI=1S/C11H14N2O2/c1-11(2,3)13-7-4-5-8-9(6-7)15-10(14)12-8/h4-6,13H,1-3H3,(H,12,14). The molecule has 2 N–H and O–H groups in total. The van der Waals surface area contributed by atoms with E-state index in [0.717, 1.165) is 11.2 Å². The van der Waals surface area contributed by atoms with Gasteiger partial charge in [-0.3, -0.25) is 4.98 Å². The summed E-state index contributed by atoms with van der Waals surface area (Å²) < 4.78 is 4.97. The second-order valence-corrected chi connectivity index (χ2v) is 4.60. The van der Waals surface area contributed by atoms with E-state index in [9.17, 15) is 4.79 Å². The Balaban J connectivity index is 2.42. The predicted octanol–water partition coefficient (Wildman–Crippen LogP) is 2.33. The summed E-state index contributed by atoms with van der Waals surface area (Å²) in [5, 5.41) is 3.31. The zero-order valence-electron chi connectivity index (χ0n) is 9.05. The van der Waals surface area contributed by atoms with Gasteiger partial charge >= 0.3 is 5.76 Å². The van der Waals surface area contributed by atoms with Gasteiger partial charge in [0.2, 0.25) is 0 Å². The second kappa shape index (κ2) is 3.15. The van der Waals surface area contributed by atoms with Gasteiger partial charge in [-0.05, 0) is 32.9 Å². The molecule has 15 heavy (non-hydrogen) atoms. The number of hydrogen-bond donors (Lipinski definition) is 2. The van der Waals surface area contributed by atoms with Crippen molar-refractivity contribution in [3.8, 4) is 0 Å². The van der Waals surface area contributed by atoms with E-state index >= 15 is 0 Å². The van der Waals surface area contributed by atoms with Gasteiger partial charge in [-0.25, -0.2) is 4.79 Å². The third kappa shape index (κ3) is 2.21. The lowest BCUT2D eigenvalue weighted by atomic mass is 10.1. The molecule has 0 amide bonds. The molecule has 1 aromatic heterocycles. The van der Waals surface area contributed by atoms with Gasteiger partial charge in [0.25, 0.3) is 0 Å². The lowest BCUT2D eigenvalue weighted by molar-refractivity contribution is 0.555. The van der Waals surface area contributed by atoms with Crippen LogP contribution in [0.4, 0.5) is 5.69 Å². The Bertz CT molecular complexity index is 531. The average Bonchev–Trinajstić information content (AvgIpc) is 2.40. The van der Waals surface area contributed by atoms with Gasteiger partial charge in [-0.2, -0.15) is 0 Å². The third-order valence-corrected chi connectivity index (χ3v) is 1.94. The molecule has 0 aliphatic rings. The quantitative estimate of drug-likeness (QED) is 0.752. The molecule has 0 aliphatic carbocycles. The molecule has 0 unspecified atom stereocenters. The van der Waals surface area contributed by atoms with Crippen molar-refractivity contribution >= 4 is 16.8 Å². The summed E-state index contributed by atoms with van der Waals surface area (Å²) in [6.45, 7) is 6.22. The monoisotopic (exact) mass is 206 g/mol. The van der Waals surface area contributed by atoms with Crippen LogP contribution in [0.25, 0.3) is 11.1 Å². The molecule has 0 saturated heterocycles. The first kappa shape index (κ1) is 9.83. The number of hydrogen-bond acceptors (Lipinski definition) is 3. The average molecular weight is 206 g/mol. The van der Waals surface area contributed by atoms with Crippen LogP contribution in [-0.4, -0.2) is 10.5 Å². The zero-order chi connectivity index (χ0) is 11.1. The van der Waals surface area contributed by atoms with E-state index < -0.39 is 5.76 Å². The van der Waals surface area contributed by atoms with Crippen LogP contribution in [0.5, 0.6) is 0 Å². The summed E-state index contributed by atoms with van der Waals surface area (Å²) in [7, 11) is 0. The van der Waals surface area contributed by atoms with Gasteiger partial charge in [-0.15, -0.1) is 0 Å². The van der Waals surface area contributed by atoms with Crippen LogP contribution in [0.15, 0.2) is 27.4 Å². The van der Waals surface area contributed by atoms with Crippen molar-refractivity contribution in [1.29, 1.82) is 0 Å². The van der Waals surface area contributed by atoms with E-state index in [2.05, 4.69) is 31.1 Å². The molecular weight excluding hydrogens is 192 g/mol. The molecule has 0 saturated carbocycles. The number of aromatic nitrogens is 1. The van der Waals surface area contributed by atoms with Crippen molar-refractivity contribution < 1.29 is 4.42 Å². The van der Waals surface area contributed by atoms with Gasteiger partial charge in [-0.1, -0.05) is 0 Å². The van der Waals surface area contributed by atoms with E-state index in [0.29, 0.717) is 5.58 Å². The number of anilines is 1. The van der Waals surface area contributed by atoms with E-state index in [1.165, 1.54) is 0 Å². The van der Waals surface area contributed by atoms with E-state index in [4.69, 9.17) is 4.42 Å². The molecule has 1 aromatic carbocycles. The topological polar surface area (TPSA) is 58.0 Å². The van der Waals surface area contributed by atoms with Gasteiger partial charge in [0, 0.05) is 17.3 Å². The highest BCUT2D eigenvalue weighted by atomic mass is 16.4. The van der Waals surface area contributed by atoms with Crippen molar-refractivity contribution in [2.24, 2.45) is 0 Å². The lowest BCUT2D eigenvalue weighted by Crippen LogP contribution is -2.25. The number of oxazole rings is 1. The lowest BCUT2D eigenvalue weighted by Gasteiger charge is -2.21. The van der Waals surface area contributed by atoms with Crippen molar-refractivity contribution in [3.05, 3.63) is 28.7 Å². The Morgan fingerprint density at radius 2 is 2.07 bits per heavy atom. The summed E-state index contributed by atoms with van der Waals surface area (Å²) in [5.74, 6) is -0.419. The Morgan fingerprint density at radius 1 is 1.33 bits per heavy atom. The second-order valence-electron chi connectivity index (χ2n) is 4.60. The molecule has 0 fully saturated rings. The van der Waals surface area contributed by atoms with Crippen molar-refractivity contribution in [2.45, 2.75) is 26.3 Å². The summed E-state index contributed by atoms with van der Waals surface area (Å²) >= 11 is 0.